The van der Waals surface area contributed by atoms with Crippen molar-refractivity contribution in [2.45, 2.75) is 46.1 Å². The maximum atomic E-state index is 13.2. The Morgan fingerprint density at radius 1 is 0.970 bits per heavy atom. The van der Waals surface area contributed by atoms with Gasteiger partial charge in [-0.15, -0.1) is 5.10 Å². The first-order valence-electron chi connectivity index (χ1n) is 11.1. The van der Waals surface area contributed by atoms with E-state index in [1.807, 2.05) is 36.4 Å². The summed E-state index contributed by atoms with van der Waals surface area (Å²) in [6, 6.07) is 17.7. The van der Waals surface area contributed by atoms with Crippen LogP contribution in [0, 0.1) is 6.92 Å². The van der Waals surface area contributed by atoms with Crippen molar-refractivity contribution in [3.05, 3.63) is 94.2 Å². The van der Waals surface area contributed by atoms with Gasteiger partial charge in [-0.1, -0.05) is 69.3 Å². The third-order valence-electron chi connectivity index (χ3n) is 6.03. The van der Waals surface area contributed by atoms with Crippen LogP contribution in [-0.2, 0) is 16.0 Å². The summed E-state index contributed by atoms with van der Waals surface area (Å²) in [5.41, 5.74) is 4.20. The molecule has 168 valence electrons. The molecule has 1 fully saturated rings. The molecule has 2 heterocycles. The second kappa shape index (κ2) is 8.98. The van der Waals surface area contributed by atoms with Crippen LogP contribution in [0.15, 0.2) is 66.2 Å². The fraction of sp³-hybridized carbons (Fsp3) is 0.259. The molecule has 1 aliphatic heterocycles. The van der Waals surface area contributed by atoms with Gasteiger partial charge >= 0.3 is 5.91 Å². The lowest BCUT2D eigenvalue weighted by Gasteiger charge is -2.24. The van der Waals surface area contributed by atoms with Gasteiger partial charge in [-0.3, -0.25) is 14.5 Å². The van der Waals surface area contributed by atoms with Crippen molar-refractivity contribution in [2.24, 2.45) is 0 Å². The van der Waals surface area contributed by atoms with Crippen LogP contribution >= 0.6 is 0 Å². The Bertz CT molecular complexity index is 1210. The molecule has 1 N–H and O–H groups in total. The zero-order chi connectivity index (χ0) is 23.7. The molecule has 1 saturated heterocycles. The van der Waals surface area contributed by atoms with Gasteiger partial charge < -0.3 is 5.11 Å². The van der Waals surface area contributed by atoms with Gasteiger partial charge in [0.2, 0.25) is 0 Å². The molecule has 3 aromatic rings. The first-order valence-corrected chi connectivity index (χ1v) is 11.1. The van der Waals surface area contributed by atoms with Crippen LogP contribution in [0.2, 0.25) is 0 Å². The summed E-state index contributed by atoms with van der Waals surface area (Å²) in [6.45, 7) is 8.03. The van der Waals surface area contributed by atoms with Crippen LogP contribution in [0.1, 0.15) is 60.7 Å². The zero-order valence-electron chi connectivity index (χ0n) is 19.2. The number of hydrogen-bond donors (Lipinski definition) is 1. The fourth-order valence-electron chi connectivity index (χ4n) is 4.02. The van der Waals surface area contributed by atoms with E-state index in [4.69, 9.17) is 0 Å². The van der Waals surface area contributed by atoms with E-state index in [-0.39, 0.29) is 17.2 Å². The minimum atomic E-state index is -0.808. The second-order valence-electron chi connectivity index (χ2n) is 8.57. The molecule has 6 nitrogen and oxygen atoms in total. The average Bonchev–Trinajstić information content (AvgIpc) is 3.09. The molecule has 0 radical (unpaired) electrons. The molecule has 1 amide bonds. The highest BCUT2D eigenvalue weighted by atomic mass is 16.3. The minimum absolute atomic E-state index is 0.0453. The van der Waals surface area contributed by atoms with E-state index in [1.165, 1.54) is 4.90 Å². The number of carbonyl (C=O) groups is 2. The van der Waals surface area contributed by atoms with Gasteiger partial charge in [0, 0.05) is 5.56 Å². The van der Waals surface area contributed by atoms with Crippen LogP contribution in [-0.4, -0.2) is 27.0 Å². The third kappa shape index (κ3) is 4.16. The highest BCUT2D eigenvalue weighted by molar-refractivity contribution is 6.51. The molecule has 0 saturated carbocycles. The smallest absolute Gasteiger partial charge is 0.301 e. The van der Waals surface area contributed by atoms with Gasteiger partial charge in [0.25, 0.3) is 5.78 Å². The predicted octanol–water partition coefficient (Wildman–Crippen LogP) is 5.10. The predicted molar refractivity (Wildman–Crippen MR) is 128 cm³/mol. The number of aliphatic hydroxyl groups excluding tert-OH is 1. The van der Waals surface area contributed by atoms with Crippen molar-refractivity contribution >= 4 is 23.3 Å². The Kier molecular flexibility index (Phi) is 6.09. The van der Waals surface area contributed by atoms with Crippen LogP contribution in [0.5, 0.6) is 0 Å². The molecule has 1 atom stereocenters. The van der Waals surface area contributed by atoms with Crippen LogP contribution < -0.4 is 4.90 Å². The van der Waals surface area contributed by atoms with E-state index in [0.717, 1.165) is 17.5 Å². The normalized spacial score (nSPS) is 17.7. The minimum Gasteiger partial charge on any atom is -0.507 e. The lowest BCUT2D eigenvalue weighted by Crippen LogP contribution is -2.30. The maximum absolute atomic E-state index is 13.2. The Balaban J connectivity index is 1.89. The van der Waals surface area contributed by atoms with E-state index in [9.17, 15) is 14.7 Å². The number of aryl methyl sites for hydroxylation is 2. The summed E-state index contributed by atoms with van der Waals surface area (Å²) in [4.78, 5) is 27.7. The van der Waals surface area contributed by atoms with Gasteiger partial charge in [-0.25, -0.2) is 0 Å². The molecule has 2 aromatic carbocycles. The Labute approximate surface area is 193 Å². The topological polar surface area (TPSA) is 83.4 Å². The Hall–Kier alpha value is -3.80. The fourth-order valence-corrected chi connectivity index (χ4v) is 4.02. The number of rotatable bonds is 5. The van der Waals surface area contributed by atoms with Crippen molar-refractivity contribution in [1.29, 1.82) is 0 Å². The van der Waals surface area contributed by atoms with E-state index in [0.29, 0.717) is 22.7 Å². The van der Waals surface area contributed by atoms with Crippen LogP contribution in [0.4, 0.5) is 5.82 Å². The summed E-state index contributed by atoms with van der Waals surface area (Å²) in [5, 5.41) is 19.4. The number of aromatic nitrogens is 2. The van der Waals surface area contributed by atoms with Gasteiger partial charge in [0.1, 0.15) is 5.76 Å². The number of amides is 1. The molecule has 1 unspecified atom stereocenters. The maximum Gasteiger partial charge on any atom is 0.301 e. The molecule has 4 rings (SSSR count). The Morgan fingerprint density at radius 3 is 2.18 bits per heavy atom. The highest BCUT2D eigenvalue weighted by Gasteiger charge is 2.47. The van der Waals surface area contributed by atoms with Crippen molar-refractivity contribution in [3.8, 4) is 0 Å². The number of benzene rings is 2. The zero-order valence-corrected chi connectivity index (χ0v) is 19.2. The first-order chi connectivity index (χ1) is 15.8. The van der Waals surface area contributed by atoms with Gasteiger partial charge in [0.05, 0.1) is 17.3 Å². The molecule has 0 bridgehead atoms. The van der Waals surface area contributed by atoms with E-state index >= 15 is 0 Å². The Morgan fingerprint density at radius 2 is 1.64 bits per heavy atom. The number of ketones is 1. The number of nitrogens with zero attached hydrogens (tertiary/aromatic N) is 3. The monoisotopic (exact) mass is 441 g/mol. The number of aliphatic hydroxyl groups is 1. The molecule has 0 spiro atoms. The summed E-state index contributed by atoms with van der Waals surface area (Å²) in [5.74, 6) is -1.08. The van der Waals surface area contributed by atoms with Crippen molar-refractivity contribution in [2.75, 3.05) is 4.90 Å². The van der Waals surface area contributed by atoms with Crippen molar-refractivity contribution < 1.29 is 14.7 Å². The summed E-state index contributed by atoms with van der Waals surface area (Å²) in [6.07, 6.45) is 0.867. The number of anilines is 1. The van der Waals surface area contributed by atoms with E-state index in [1.54, 1.807) is 31.2 Å². The van der Waals surface area contributed by atoms with Crippen molar-refractivity contribution in [1.82, 2.24) is 10.2 Å². The highest BCUT2D eigenvalue weighted by Crippen LogP contribution is 2.41. The van der Waals surface area contributed by atoms with Gasteiger partial charge in [-0.05, 0) is 48.1 Å². The number of Topliss-reactive ketones (excluding diaryl/α,β-unsaturated/α-hetero) is 1. The summed E-state index contributed by atoms with van der Waals surface area (Å²) in [7, 11) is 0. The SMILES string of the molecule is CCc1ccc(C2C(=C(O)c3ccc(C(C)C)cc3)C(=O)C(=O)N2c2ccc(C)nn2)cc1. The molecule has 33 heavy (non-hydrogen) atoms. The van der Waals surface area contributed by atoms with Gasteiger partial charge in [-0.2, -0.15) is 5.10 Å². The lowest BCUT2D eigenvalue weighted by atomic mass is 9.93. The molecule has 1 aliphatic rings. The molecular formula is C27H27N3O3. The largest absolute Gasteiger partial charge is 0.507 e. The number of carbonyl (C=O) groups excluding carboxylic acids is 2. The molecule has 1 aromatic heterocycles. The summed E-state index contributed by atoms with van der Waals surface area (Å²) >= 11 is 0. The lowest BCUT2D eigenvalue weighted by molar-refractivity contribution is -0.132. The first kappa shape index (κ1) is 22.4. The van der Waals surface area contributed by atoms with Crippen LogP contribution in [0.3, 0.4) is 0 Å². The van der Waals surface area contributed by atoms with E-state index < -0.39 is 17.7 Å². The standard InChI is InChI=1S/C27H27N3O3/c1-5-18-7-9-20(10-8-18)24-23(25(31)21-13-11-19(12-14-21)16(2)3)26(32)27(33)30(24)22-15-6-17(4)28-29-22/h6-16,24,31H,5H2,1-4H3. The molecule has 6 heteroatoms. The van der Waals surface area contributed by atoms with Crippen molar-refractivity contribution in [3.63, 3.8) is 0 Å². The van der Waals surface area contributed by atoms with E-state index in [2.05, 4.69) is 31.0 Å². The average molecular weight is 442 g/mol. The van der Waals surface area contributed by atoms with Crippen LogP contribution in [0.25, 0.3) is 5.76 Å². The second-order valence-corrected chi connectivity index (χ2v) is 8.57. The molecular weight excluding hydrogens is 414 g/mol. The quantitative estimate of drug-likeness (QED) is 0.338. The summed E-state index contributed by atoms with van der Waals surface area (Å²) < 4.78 is 0. The van der Waals surface area contributed by atoms with Gasteiger partial charge in [0.15, 0.2) is 5.82 Å². The molecule has 0 aliphatic carbocycles. The third-order valence-corrected chi connectivity index (χ3v) is 6.03. The number of hydrogen-bond acceptors (Lipinski definition) is 5.